The third-order valence-corrected chi connectivity index (χ3v) is 7.17. The van der Waals surface area contributed by atoms with E-state index in [2.05, 4.69) is 0 Å². The second-order valence-electron chi connectivity index (χ2n) is 9.14. The monoisotopic (exact) mass is 490 g/mol. The Bertz CT molecular complexity index is 1280. The summed E-state index contributed by atoms with van der Waals surface area (Å²) in [6, 6.07) is 17.2. The lowest BCUT2D eigenvalue weighted by molar-refractivity contribution is -0.142. The first kappa shape index (κ1) is 24.0. The SMILES string of the molecule is CCCOc1ccc2c(c1)CC(C(=O)O)C2(c1ccc2c(c1)OCO2)c1ccc(OC)cc1CCO. The Morgan fingerprint density at radius 1 is 1.03 bits per heavy atom. The maximum Gasteiger partial charge on any atom is 0.308 e. The minimum Gasteiger partial charge on any atom is -0.497 e. The Morgan fingerprint density at radius 2 is 1.81 bits per heavy atom. The van der Waals surface area contributed by atoms with Gasteiger partial charge >= 0.3 is 5.97 Å². The third-order valence-electron chi connectivity index (χ3n) is 7.17. The topological polar surface area (TPSA) is 94.5 Å². The van der Waals surface area contributed by atoms with Crippen LogP contribution >= 0.6 is 0 Å². The van der Waals surface area contributed by atoms with E-state index in [0.717, 1.165) is 40.0 Å². The molecule has 0 bridgehead atoms. The molecule has 1 aliphatic heterocycles. The van der Waals surface area contributed by atoms with E-state index in [4.69, 9.17) is 18.9 Å². The molecular formula is C29H30O7. The number of rotatable bonds is 9. The summed E-state index contributed by atoms with van der Waals surface area (Å²) in [6.45, 7) is 2.69. The zero-order chi connectivity index (χ0) is 25.3. The van der Waals surface area contributed by atoms with Crippen LogP contribution in [0.2, 0.25) is 0 Å². The Balaban J connectivity index is 1.81. The van der Waals surface area contributed by atoms with E-state index in [9.17, 15) is 15.0 Å². The van der Waals surface area contributed by atoms with E-state index >= 15 is 0 Å². The van der Waals surface area contributed by atoms with Crippen molar-refractivity contribution in [2.45, 2.75) is 31.6 Å². The molecule has 1 aliphatic carbocycles. The van der Waals surface area contributed by atoms with Crippen molar-refractivity contribution >= 4 is 5.97 Å². The summed E-state index contributed by atoms with van der Waals surface area (Å²) in [5.74, 6) is 0.908. The summed E-state index contributed by atoms with van der Waals surface area (Å²) >= 11 is 0. The smallest absolute Gasteiger partial charge is 0.308 e. The van der Waals surface area contributed by atoms with Crippen molar-refractivity contribution in [3.63, 3.8) is 0 Å². The van der Waals surface area contributed by atoms with E-state index in [0.29, 0.717) is 36.7 Å². The molecule has 2 atom stereocenters. The zero-order valence-corrected chi connectivity index (χ0v) is 20.5. The molecule has 36 heavy (non-hydrogen) atoms. The molecule has 0 spiro atoms. The average molecular weight is 491 g/mol. The van der Waals surface area contributed by atoms with Gasteiger partial charge in [0.25, 0.3) is 0 Å². The first-order chi connectivity index (χ1) is 17.5. The van der Waals surface area contributed by atoms with Crippen LogP contribution in [-0.2, 0) is 23.1 Å². The Labute approximate surface area is 210 Å². The lowest BCUT2D eigenvalue weighted by Crippen LogP contribution is -2.40. The fourth-order valence-electron chi connectivity index (χ4n) is 5.66. The molecule has 2 unspecified atom stereocenters. The number of benzene rings is 3. The average Bonchev–Trinajstić information content (AvgIpc) is 3.50. The molecule has 3 aromatic rings. The number of fused-ring (bicyclic) bond motifs is 2. The van der Waals surface area contributed by atoms with Crippen LogP contribution in [0, 0.1) is 5.92 Å². The summed E-state index contributed by atoms with van der Waals surface area (Å²) in [7, 11) is 1.59. The predicted octanol–water partition coefficient (Wildman–Crippen LogP) is 4.34. The molecule has 0 radical (unpaired) electrons. The number of aliphatic hydroxyl groups excluding tert-OH is 1. The minimum atomic E-state index is -1.03. The number of hydrogen-bond acceptors (Lipinski definition) is 6. The fourth-order valence-corrected chi connectivity index (χ4v) is 5.66. The maximum atomic E-state index is 13.0. The second-order valence-corrected chi connectivity index (χ2v) is 9.14. The number of aliphatic carboxylic acids is 1. The van der Waals surface area contributed by atoms with Gasteiger partial charge in [-0.25, -0.2) is 0 Å². The molecule has 0 fully saturated rings. The van der Waals surface area contributed by atoms with E-state index < -0.39 is 17.3 Å². The first-order valence-electron chi connectivity index (χ1n) is 12.2. The highest BCUT2D eigenvalue weighted by molar-refractivity contribution is 5.80. The van der Waals surface area contributed by atoms with Crippen LogP contribution in [0.4, 0.5) is 0 Å². The molecule has 7 heteroatoms. The fraction of sp³-hybridized carbons (Fsp3) is 0.345. The standard InChI is InChI=1S/C29H30O7/c1-3-12-34-22-6-8-24-19(14-22)15-25(28(31)32)29(24,20-4-9-26-27(16-20)36-17-35-26)23-7-5-21(33-2)13-18(23)10-11-30/h4-9,13-14,16,25,30H,3,10-12,15,17H2,1-2H3,(H,31,32). The maximum absolute atomic E-state index is 13.0. The molecule has 3 aromatic carbocycles. The summed E-state index contributed by atoms with van der Waals surface area (Å²) < 4.78 is 22.6. The lowest BCUT2D eigenvalue weighted by atomic mass is 9.63. The van der Waals surface area contributed by atoms with Crippen LogP contribution in [-0.4, -0.2) is 43.3 Å². The van der Waals surface area contributed by atoms with Gasteiger partial charge in [0.05, 0.1) is 25.0 Å². The summed E-state index contributed by atoms with van der Waals surface area (Å²) in [6.07, 6.45) is 1.58. The van der Waals surface area contributed by atoms with Gasteiger partial charge in [0, 0.05) is 6.61 Å². The van der Waals surface area contributed by atoms with Gasteiger partial charge in [-0.15, -0.1) is 0 Å². The Kier molecular flexibility index (Phi) is 6.49. The van der Waals surface area contributed by atoms with E-state index in [1.165, 1.54) is 0 Å². The van der Waals surface area contributed by atoms with Crippen molar-refractivity contribution in [3.05, 3.63) is 82.4 Å². The molecule has 5 rings (SSSR count). The Morgan fingerprint density at radius 3 is 2.56 bits per heavy atom. The van der Waals surface area contributed by atoms with Crippen molar-refractivity contribution in [3.8, 4) is 23.0 Å². The molecule has 1 heterocycles. The number of carboxylic acids is 1. The molecule has 2 aliphatic rings. The van der Waals surface area contributed by atoms with Gasteiger partial charge < -0.3 is 29.2 Å². The van der Waals surface area contributed by atoms with Crippen LogP contribution < -0.4 is 18.9 Å². The Hall–Kier alpha value is -3.71. The molecule has 0 saturated heterocycles. The summed E-state index contributed by atoms with van der Waals surface area (Å²) in [5, 5.41) is 20.5. The number of hydrogen-bond donors (Lipinski definition) is 2. The quantitative estimate of drug-likeness (QED) is 0.461. The van der Waals surface area contributed by atoms with E-state index in [-0.39, 0.29) is 13.4 Å². The van der Waals surface area contributed by atoms with Crippen molar-refractivity contribution in [2.24, 2.45) is 5.92 Å². The van der Waals surface area contributed by atoms with Gasteiger partial charge in [-0.3, -0.25) is 4.79 Å². The highest BCUT2D eigenvalue weighted by atomic mass is 16.7. The number of ether oxygens (including phenoxy) is 4. The van der Waals surface area contributed by atoms with Crippen molar-refractivity contribution in [1.29, 1.82) is 0 Å². The molecule has 2 N–H and O–H groups in total. The third kappa shape index (κ3) is 3.84. The summed E-state index contributed by atoms with van der Waals surface area (Å²) in [4.78, 5) is 13.0. The van der Waals surface area contributed by atoms with Crippen LogP contribution in [0.1, 0.15) is 41.2 Å². The van der Waals surface area contributed by atoms with Crippen LogP contribution in [0.5, 0.6) is 23.0 Å². The molecule has 0 saturated carbocycles. The lowest BCUT2D eigenvalue weighted by Gasteiger charge is -2.38. The van der Waals surface area contributed by atoms with Gasteiger partial charge in [-0.1, -0.05) is 25.1 Å². The molecule has 0 aromatic heterocycles. The van der Waals surface area contributed by atoms with Gasteiger partial charge in [0.1, 0.15) is 11.5 Å². The number of methoxy groups -OCH3 is 1. The first-order valence-corrected chi connectivity index (χ1v) is 12.2. The van der Waals surface area contributed by atoms with Crippen molar-refractivity contribution < 1.29 is 34.0 Å². The van der Waals surface area contributed by atoms with Gasteiger partial charge in [-0.05, 0) is 83.5 Å². The van der Waals surface area contributed by atoms with Gasteiger partial charge in [-0.2, -0.15) is 0 Å². The molecular weight excluding hydrogens is 460 g/mol. The highest BCUT2D eigenvalue weighted by Gasteiger charge is 2.54. The highest BCUT2D eigenvalue weighted by Crippen LogP contribution is 2.55. The molecule has 188 valence electrons. The number of carboxylic acid groups (broad SMARTS) is 1. The zero-order valence-electron chi connectivity index (χ0n) is 20.5. The molecule has 7 nitrogen and oxygen atoms in total. The van der Waals surface area contributed by atoms with Crippen molar-refractivity contribution in [2.75, 3.05) is 27.1 Å². The van der Waals surface area contributed by atoms with E-state index in [1.54, 1.807) is 7.11 Å². The van der Waals surface area contributed by atoms with Crippen molar-refractivity contribution in [1.82, 2.24) is 0 Å². The predicted molar refractivity (Wildman–Crippen MR) is 133 cm³/mol. The normalized spacial score (nSPS) is 19.7. The van der Waals surface area contributed by atoms with E-state index in [1.807, 2.05) is 61.5 Å². The number of carbonyl (C=O) groups is 1. The van der Waals surface area contributed by atoms with Crippen LogP contribution in [0.3, 0.4) is 0 Å². The van der Waals surface area contributed by atoms with Gasteiger partial charge in [0.15, 0.2) is 11.5 Å². The number of aliphatic hydroxyl groups is 1. The van der Waals surface area contributed by atoms with Gasteiger partial charge in [0.2, 0.25) is 6.79 Å². The largest absolute Gasteiger partial charge is 0.497 e. The summed E-state index contributed by atoms with van der Waals surface area (Å²) in [5.41, 5.74) is 3.26. The van der Waals surface area contributed by atoms with Crippen LogP contribution in [0.15, 0.2) is 54.6 Å². The minimum absolute atomic E-state index is 0.0776. The second kappa shape index (κ2) is 9.74. The van der Waals surface area contributed by atoms with Crippen LogP contribution in [0.25, 0.3) is 0 Å². The molecule has 0 amide bonds.